The van der Waals surface area contributed by atoms with E-state index in [9.17, 15) is 4.79 Å². The molecule has 4 nitrogen and oxygen atoms in total. The Kier molecular flexibility index (Phi) is 5.42. The van der Waals surface area contributed by atoms with E-state index in [1.54, 1.807) is 0 Å². The fourth-order valence-corrected chi connectivity index (χ4v) is 10.0. The van der Waals surface area contributed by atoms with Crippen LogP contribution in [0.1, 0.15) is 86.0 Å². The zero-order valence-electron chi connectivity index (χ0n) is 21.6. The molecule has 0 amide bonds. The van der Waals surface area contributed by atoms with E-state index in [4.69, 9.17) is 13.9 Å². The molecule has 1 aliphatic heterocycles. The van der Waals surface area contributed by atoms with Gasteiger partial charge in [0.1, 0.15) is 5.78 Å². The topological polar surface area (TPSA) is 44.8 Å². The lowest BCUT2D eigenvalue weighted by Gasteiger charge is -2.60. The van der Waals surface area contributed by atoms with Crippen molar-refractivity contribution in [3.63, 3.8) is 0 Å². The molecule has 0 radical (unpaired) electrons. The summed E-state index contributed by atoms with van der Waals surface area (Å²) in [6, 6.07) is 0. The molecule has 7 atom stereocenters. The van der Waals surface area contributed by atoms with Gasteiger partial charge in [0.05, 0.1) is 13.2 Å². The standard InChI is InChI=1S/C27H46O4Si/c1-24(2,3)32(6,7)31-19-10-12-25(4)18(16-19)8-9-20-21-11-13-27(29-14-15-30-27)26(21,5)17-22(28)23(20)25/h18-21,23H,8-17H2,1-7H3/t18-,19+,20?,21?,23?,25+,26+/m1/s1. The lowest BCUT2D eigenvalue weighted by molar-refractivity contribution is -0.242. The molecule has 1 saturated heterocycles. The summed E-state index contributed by atoms with van der Waals surface area (Å²) in [4.78, 5) is 13.9. The van der Waals surface area contributed by atoms with Gasteiger partial charge in [-0.05, 0) is 79.8 Å². The Balaban J connectivity index is 1.36. The summed E-state index contributed by atoms with van der Waals surface area (Å²) in [5.74, 6) is 1.92. The largest absolute Gasteiger partial charge is 0.414 e. The first-order valence-corrected chi connectivity index (χ1v) is 16.2. The molecule has 5 heteroatoms. The average molecular weight is 463 g/mol. The number of rotatable bonds is 2. The molecule has 5 fully saturated rings. The predicted octanol–water partition coefficient (Wildman–Crippen LogP) is 6.34. The Bertz CT molecular complexity index is 766. The normalized spacial score (nSPS) is 46.1. The van der Waals surface area contributed by atoms with Gasteiger partial charge in [0.15, 0.2) is 14.1 Å². The molecule has 5 aliphatic rings. The second kappa shape index (κ2) is 7.38. The van der Waals surface area contributed by atoms with E-state index in [1.165, 1.54) is 12.8 Å². The van der Waals surface area contributed by atoms with Gasteiger partial charge < -0.3 is 13.9 Å². The van der Waals surface area contributed by atoms with E-state index >= 15 is 0 Å². The average Bonchev–Trinajstić information content (AvgIpc) is 3.27. The zero-order valence-corrected chi connectivity index (χ0v) is 22.6. The van der Waals surface area contributed by atoms with Crippen LogP contribution in [0.15, 0.2) is 0 Å². The molecule has 1 heterocycles. The van der Waals surface area contributed by atoms with Gasteiger partial charge in [-0.3, -0.25) is 4.79 Å². The van der Waals surface area contributed by atoms with Crippen molar-refractivity contribution in [1.82, 2.24) is 0 Å². The molecule has 0 N–H and O–H groups in total. The molecule has 4 saturated carbocycles. The van der Waals surface area contributed by atoms with Crippen LogP contribution in [0.25, 0.3) is 0 Å². The predicted molar refractivity (Wildman–Crippen MR) is 129 cm³/mol. The molecular weight excluding hydrogens is 416 g/mol. The van der Waals surface area contributed by atoms with Crippen LogP contribution in [0.3, 0.4) is 0 Å². The van der Waals surface area contributed by atoms with Crippen molar-refractivity contribution in [2.45, 2.75) is 116 Å². The van der Waals surface area contributed by atoms with Crippen LogP contribution in [-0.2, 0) is 18.7 Å². The number of hydrogen-bond donors (Lipinski definition) is 0. The smallest absolute Gasteiger partial charge is 0.192 e. The molecule has 0 aromatic heterocycles. The van der Waals surface area contributed by atoms with Crippen LogP contribution in [0.2, 0.25) is 18.1 Å². The molecular formula is C27H46O4Si. The van der Waals surface area contributed by atoms with Crippen molar-refractivity contribution in [3.05, 3.63) is 0 Å². The van der Waals surface area contributed by atoms with E-state index in [2.05, 4.69) is 47.7 Å². The number of hydrogen-bond acceptors (Lipinski definition) is 4. The maximum absolute atomic E-state index is 13.9. The number of fused-ring (bicyclic) bond motifs is 6. The molecule has 4 aliphatic carbocycles. The van der Waals surface area contributed by atoms with E-state index in [0.717, 1.165) is 32.1 Å². The summed E-state index contributed by atoms with van der Waals surface area (Å²) in [5, 5.41) is 0.248. The van der Waals surface area contributed by atoms with Gasteiger partial charge in [-0.25, -0.2) is 0 Å². The van der Waals surface area contributed by atoms with Crippen molar-refractivity contribution in [2.24, 2.45) is 34.5 Å². The van der Waals surface area contributed by atoms with Crippen molar-refractivity contribution in [3.8, 4) is 0 Å². The minimum Gasteiger partial charge on any atom is -0.414 e. The number of Topliss-reactive ketones (excluding diaryl/α,β-unsaturated/α-hetero) is 1. The number of carbonyl (C=O) groups is 1. The van der Waals surface area contributed by atoms with Gasteiger partial charge in [-0.1, -0.05) is 34.6 Å². The van der Waals surface area contributed by atoms with Crippen LogP contribution in [0.4, 0.5) is 0 Å². The maximum Gasteiger partial charge on any atom is 0.192 e. The lowest BCUT2D eigenvalue weighted by atomic mass is 9.44. The minimum absolute atomic E-state index is 0.141. The summed E-state index contributed by atoms with van der Waals surface area (Å²) >= 11 is 0. The molecule has 32 heavy (non-hydrogen) atoms. The summed E-state index contributed by atoms with van der Waals surface area (Å²) in [6.45, 7) is 17.9. The van der Waals surface area contributed by atoms with E-state index in [1.807, 2.05) is 0 Å². The van der Waals surface area contributed by atoms with Crippen LogP contribution < -0.4 is 0 Å². The van der Waals surface area contributed by atoms with Gasteiger partial charge in [-0.2, -0.15) is 0 Å². The Morgan fingerprint density at radius 3 is 2.34 bits per heavy atom. The summed E-state index contributed by atoms with van der Waals surface area (Å²) in [7, 11) is -1.76. The first-order valence-electron chi connectivity index (χ1n) is 13.3. The zero-order chi connectivity index (χ0) is 23.2. The van der Waals surface area contributed by atoms with Gasteiger partial charge in [-0.15, -0.1) is 0 Å². The van der Waals surface area contributed by atoms with Gasteiger partial charge in [0.25, 0.3) is 0 Å². The second-order valence-corrected chi connectivity index (χ2v) is 18.6. The highest BCUT2D eigenvalue weighted by Crippen LogP contribution is 2.68. The second-order valence-electron chi connectivity index (χ2n) is 13.9. The molecule has 182 valence electrons. The van der Waals surface area contributed by atoms with Gasteiger partial charge in [0, 0.05) is 30.3 Å². The molecule has 0 aromatic rings. The monoisotopic (exact) mass is 462 g/mol. The van der Waals surface area contributed by atoms with E-state index < -0.39 is 14.1 Å². The summed E-state index contributed by atoms with van der Waals surface area (Å²) < 4.78 is 19.3. The fourth-order valence-electron chi connectivity index (χ4n) is 8.61. The highest BCUT2D eigenvalue weighted by atomic mass is 28.4. The van der Waals surface area contributed by atoms with Crippen LogP contribution in [-0.4, -0.2) is 39.2 Å². The quantitative estimate of drug-likeness (QED) is 0.449. The Hall–Kier alpha value is -0.233. The minimum atomic E-state index is -1.76. The first kappa shape index (κ1) is 23.5. The molecule has 1 spiro atoms. The van der Waals surface area contributed by atoms with Crippen LogP contribution in [0.5, 0.6) is 0 Å². The van der Waals surface area contributed by atoms with Crippen molar-refractivity contribution >= 4 is 14.1 Å². The summed E-state index contributed by atoms with van der Waals surface area (Å²) in [5.41, 5.74) is -0.00461. The molecule has 5 rings (SSSR count). The van der Waals surface area contributed by atoms with Crippen molar-refractivity contribution in [2.75, 3.05) is 13.2 Å². The third-order valence-corrected chi connectivity index (χ3v) is 15.9. The fraction of sp³-hybridized carbons (Fsp3) is 0.963. The molecule has 0 bridgehead atoms. The van der Waals surface area contributed by atoms with Gasteiger partial charge in [0.2, 0.25) is 0 Å². The SMILES string of the molecule is CC(C)(C)[Si](C)(C)O[C@H]1CC[C@]2(C)C3C(=O)C[C@@]4(C)C(CCC45OCCO5)C3CC[C@@H]2C1. The van der Waals surface area contributed by atoms with Gasteiger partial charge >= 0.3 is 0 Å². The third-order valence-electron chi connectivity index (χ3n) is 11.4. The number of ether oxygens (including phenoxy) is 2. The Labute approximate surface area is 196 Å². The maximum atomic E-state index is 13.9. The highest BCUT2D eigenvalue weighted by Gasteiger charge is 2.69. The highest BCUT2D eigenvalue weighted by molar-refractivity contribution is 6.74. The Morgan fingerprint density at radius 2 is 1.69 bits per heavy atom. The van der Waals surface area contributed by atoms with Crippen molar-refractivity contribution in [1.29, 1.82) is 0 Å². The molecule has 3 unspecified atom stereocenters. The van der Waals surface area contributed by atoms with Crippen molar-refractivity contribution < 1.29 is 18.7 Å². The Morgan fingerprint density at radius 1 is 1.00 bits per heavy atom. The molecule has 0 aromatic carbocycles. The number of carbonyl (C=O) groups excluding carboxylic acids is 1. The first-order chi connectivity index (χ1) is 14.8. The number of ketones is 1. The third kappa shape index (κ3) is 3.20. The van der Waals surface area contributed by atoms with E-state index in [-0.39, 0.29) is 21.8 Å². The van der Waals surface area contributed by atoms with Crippen LogP contribution >= 0.6 is 0 Å². The van der Waals surface area contributed by atoms with E-state index in [0.29, 0.717) is 49.3 Å². The van der Waals surface area contributed by atoms with Crippen LogP contribution in [0, 0.1) is 34.5 Å². The lowest BCUT2D eigenvalue weighted by Crippen LogP contribution is -2.60. The summed E-state index contributed by atoms with van der Waals surface area (Å²) in [6.07, 6.45) is 9.01.